The Hall–Kier alpha value is -3.11. The number of carbonyl (C=O) groups excluding carboxylic acids is 5. The van der Waals surface area contributed by atoms with Crippen molar-refractivity contribution in [1.29, 1.82) is 0 Å². The van der Waals surface area contributed by atoms with Crippen LogP contribution in [0, 0.1) is 29.6 Å². The predicted octanol–water partition coefficient (Wildman–Crippen LogP) is 4.44. The van der Waals surface area contributed by atoms with Gasteiger partial charge in [0.25, 0.3) is 11.8 Å². The summed E-state index contributed by atoms with van der Waals surface area (Å²) in [5, 5.41) is 22.1. The largest absolute Gasteiger partial charge is 0.458 e. The molecule has 2 N–H and O–H groups in total. The monoisotopic (exact) mass is 992 g/mol. The number of hydrogen-bond donors (Lipinski definition) is 2. The Morgan fingerprint density at radius 3 is 2.20 bits per heavy atom. The molecular weight excluding hydrogens is 915 g/mol. The third-order valence-electron chi connectivity index (χ3n) is 15.8. The number of aromatic nitrogens is 1. The van der Waals surface area contributed by atoms with E-state index in [0.29, 0.717) is 18.6 Å². The number of hydrogen-bond acceptors (Lipinski definition) is 18. The number of fused-ring (bicyclic) bond motifs is 2. The quantitative estimate of drug-likeness (QED) is 0.159. The number of ketones is 1. The molecule has 69 heavy (non-hydrogen) atoms. The van der Waals surface area contributed by atoms with E-state index in [1.807, 2.05) is 53.6 Å². The summed E-state index contributed by atoms with van der Waals surface area (Å²) in [4.78, 5) is 77.6. The van der Waals surface area contributed by atoms with E-state index in [2.05, 4.69) is 4.98 Å². The van der Waals surface area contributed by atoms with Gasteiger partial charge < -0.3 is 53.0 Å². The maximum Gasteiger partial charge on any atom is 0.320 e. The van der Waals surface area contributed by atoms with Crippen molar-refractivity contribution >= 4 is 41.3 Å². The van der Waals surface area contributed by atoms with E-state index in [1.54, 1.807) is 46.8 Å². The van der Waals surface area contributed by atoms with Crippen LogP contribution in [0.2, 0.25) is 0 Å². The number of likely N-dealkylation sites (N-methyl/N-ethyl adjacent to an activating group) is 1. The molecule has 6 heterocycles. The van der Waals surface area contributed by atoms with Crippen LogP contribution in [-0.4, -0.2) is 179 Å². The SMILES string of the molecule is CC[C@H]1OC(=O)[C@H](C)[C@@H](O[C@H]2C[C@@](C)(OC)[C@@H](O)[C@@H](C)O2)[C@H](C)[C@@H](O[C@@H]2O[C@H](C)C[C@H](N(C)C)[C@H]2O)[C@](C)(OC)C[C@@H](C)C(=O)[C@H](C)C2C(SCCCN3C(=O)c4cccnc4C3=O)C(=O)O[C@@]21C. The molecule has 1 aromatic rings. The minimum absolute atomic E-state index is 0.0948. The van der Waals surface area contributed by atoms with Gasteiger partial charge in [0, 0.05) is 63.1 Å². The minimum atomic E-state index is -1.46. The van der Waals surface area contributed by atoms with Gasteiger partial charge in [-0.15, -0.1) is 11.8 Å². The van der Waals surface area contributed by atoms with Crippen LogP contribution in [0.4, 0.5) is 0 Å². The minimum Gasteiger partial charge on any atom is -0.458 e. The Balaban J connectivity index is 1.37. The van der Waals surface area contributed by atoms with Crippen LogP contribution in [0.15, 0.2) is 18.3 Å². The lowest BCUT2D eigenvalue weighted by Gasteiger charge is -2.50. The van der Waals surface area contributed by atoms with Gasteiger partial charge in [-0.3, -0.25) is 33.9 Å². The highest BCUT2D eigenvalue weighted by Gasteiger charge is 2.62. The van der Waals surface area contributed by atoms with Gasteiger partial charge in [0.1, 0.15) is 35.0 Å². The molecule has 2 unspecified atom stereocenters. The zero-order chi connectivity index (χ0) is 51.1. The molecule has 2 amide bonds. The maximum absolute atomic E-state index is 15.1. The third-order valence-corrected chi connectivity index (χ3v) is 17.2. The Morgan fingerprint density at radius 1 is 0.899 bits per heavy atom. The molecule has 0 saturated carbocycles. The van der Waals surface area contributed by atoms with Crippen molar-refractivity contribution in [1.82, 2.24) is 14.8 Å². The zero-order valence-corrected chi connectivity index (χ0v) is 43.7. The molecule has 0 aliphatic carbocycles. The van der Waals surface area contributed by atoms with Gasteiger partial charge in [0.05, 0.1) is 47.1 Å². The number of thioether (sulfide) groups is 1. The van der Waals surface area contributed by atoms with Crippen molar-refractivity contribution in [2.45, 2.75) is 185 Å². The first-order valence-electron chi connectivity index (χ1n) is 24.5. The first-order chi connectivity index (χ1) is 32.4. The summed E-state index contributed by atoms with van der Waals surface area (Å²) >= 11 is 1.28. The highest BCUT2D eigenvalue weighted by molar-refractivity contribution is 8.00. The molecule has 1 aromatic heterocycles. The topological polar surface area (TPSA) is 219 Å². The maximum atomic E-state index is 15.1. The Labute approximate surface area is 411 Å². The molecule has 19 heteroatoms. The molecule has 5 aliphatic heterocycles. The predicted molar refractivity (Wildman–Crippen MR) is 253 cm³/mol. The number of aliphatic hydroxyl groups is 2. The number of ether oxygens (including phenoxy) is 8. The van der Waals surface area contributed by atoms with Crippen LogP contribution in [0.1, 0.15) is 122 Å². The van der Waals surface area contributed by atoms with Gasteiger partial charge in [-0.25, -0.2) is 0 Å². The molecule has 19 atom stereocenters. The average Bonchev–Trinajstić information content (AvgIpc) is 3.71. The van der Waals surface area contributed by atoms with Crippen molar-refractivity contribution in [3.8, 4) is 0 Å². The normalized spacial score (nSPS) is 42.5. The van der Waals surface area contributed by atoms with Crippen molar-refractivity contribution in [2.24, 2.45) is 29.6 Å². The van der Waals surface area contributed by atoms with Crippen molar-refractivity contribution in [2.75, 3.05) is 40.6 Å². The molecule has 0 bridgehead atoms. The fourth-order valence-electron chi connectivity index (χ4n) is 11.7. The summed E-state index contributed by atoms with van der Waals surface area (Å²) in [7, 11) is 6.79. The smallest absolute Gasteiger partial charge is 0.320 e. The number of pyridine rings is 1. The molecule has 0 radical (unpaired) electrons. The third kappa shape index (κ3) is 10.8. The van der Waals surface area contributed by atoms with Crippen LogP contribution < -0.4 is 0 Å². The lowest BCUT2D eigenvalue weighted by atomic mass is 9.70. The molecule has 388 valence electrons. The van der Waals surface area contributed by atoms with Gasteiger partial charge in [0.2, 0.25) is 0 Å². The van der Waals surface area contributed by atoms with E-state index in [4.69, 9.17) is 37.9 Å². The second-order valence-electron chi connectivity index (χ2n) is 20.9. The second-order valence-corrected chi connectivity index (χ2v) is 22.1. The number of imide groups is 1. The lowest BCUT2D eigenvalue weighted by molar-refractivity contribution is -0.319. The summed E-state index contributed by atoms with van der Waals surface area (Å²) in [6.45, 7) is 18.0. The van der Waals surface area contributed by atoms with Crippen LogP contribution in [0.5, 0.6) is 0 Å². The Kier molecular flexibility index (Phi) is 17.6. The molecule has 0 spiro atoms. The number of nitrogens with zero attached hydrogens (tertiary/aromatic N) is 3. The van der Waals surface area contributed by atoms with E-state index in [1.165, 1.54) is 32.2 Å². The molecule has 4 saturated heterocycles. The summed E-state index contributed by atoms with van der Waals surface area (Å²) in [6, 6.07) is 2.85. The van der Waals surface area contributed by atoms with E-state index < -0.39 is 125 Å². The molecule has 4 fully saturated rings. The van der Waals surface area contributed by atoms with Crippen LogP contribution in [-0.2, 0) is 52.3 Å². The number of rotatable bonds is 13. The number of methoxy groups -OCH3 is 2. The standard InChI is InChI=1S/C50H77N3O15S/c1-15-33-50(10)35(40(46(60)68-50)69-21-17-20-53-43(57)31-18-16-19-51-36(31)44(53)58)27(4)37(54)25(2)23-49(9,62-14)42(67-47-38(55)32(52(11)12)22-26(3)63-47)28(5)39(29(6)45(59)65-33)66-34-24-48(8,61-13)41(56)30(7)64-34/h16,18-19,25-30,32-35,38-42,47,55-56H,15,17,20-24H2,1-14H3/t25-,26-,27-,28+,29-,30-,32+,33-,34+,35?,38-,39+,40?,41+,42-,47+,48-,49-,50-/m1/s1. The molecule has 18 nitrogen and oxygen atoms in total. The van der Waals surface area contributed by atoms with Crippen LogP contribution in [0.3, 0.4) is 0 Å². The number of cyclic esters (lactones) is 1. The Bertz CT molecular complexity index is 1990. The first kappa shape index (κ1) is 55.2. The number of esters is 2. The van der Waals surface area contributed by atoms with Gasteiger partial charge in [-0.2, -0.15) is 0 Å². The summed E-state index contributed by atoms with van der Waals surface area (Å²) in [5.74, 6) is -6.07. The summed E-state index contributed by atoms with van der Waals surface area (Å²) < 4.78 is 51.5. The van der Waals surface area contributed by atoms with Gasteiger partial charge in [-0.1, -0.05) is 27.7 Å². The number of carbonyl (C=O) groups is 5. The van der Waals surface area contributed by atoms with Crippen molar-refractivity contribution in [3.63, 3.8) is 0 Å². The molecule has 6 rings (SSSR count). The fraction of sp³-hybridized carbons (Fsp3) is 0.800. The van der Waals surface area contributed by atoms with Crippen LogP contribution in [0.25, 0.3) is 0 Å². The van der Waals surface area contributed by atoms with Crippen molar-refractivity contribution in [3.05, 3.63) is 29.6 Å². The van der Waals surface area contributed by atoms with E-state index in [9.17, 15) is 29.4 Å². The molecule has 0 aromatic carbocycles. The highest BCUT2D eigenvalue weighted by Crippen LogP contribution is 2.49. The van der Waals surface area contributed by atoms with E-state index >= 15 is 4.79 Å². The number of Topliss-reactive ketones (excluding diaryl/α,β-unsaturated/α-hetero) is 1. The number of amides is 2. The lowest BCUT2D eigenvalue weighted by Crippen LogP contribution is -2.61. The van der Waals surface area contributed by atoms with Crippen molar-refractivity contribution < 1.29 is 72.1 Å². The highest BCUT2D eigenvalue weighted by atomic mass is 32.2. The fourth-order valence-corrected chi connectivity index (χ4v) is 13.1. The summed E-state index contributed by atoms with van der Waals surface area (Å²) in [5.41, 5.74) is -3.48. The van der Waals surface area contributed by atoms with Gasteiger partial charge in [0.15, 0.2) is 18.2 Å². The number of aliphatic hydroxyl groups excluding tert-OH is 2. The summed E-state index contributed by atoms with van der Waals surface area (Å²) in [6.07, 6.45) is -5.48. The van der Waals surface area contributed by atoms with E-state index in [-0.39, 0.29) is 55.0 Å². The average molecular weight is 992 g/mol. The zero-order valence-electron chi connectivity index (χ0n) is 42.9. The second kappa shape index (κ2) is 21.9. The van der Waals surface area contributed by atoms with Gasteiger partial charge in [-0.05, 0) is 99.2 Å². The van der Waals surface area contributed by atoms with E-state index in [0.717, 1.165) is 4.90 Å². The molecular formula is C50H77N3O15S. The first-order valence-corrected chi connectivity index (χ1v) is 25.6. The Morgan fingerprint density at radius 2 is 1.58 bits per heavy atom. The molecule has 5 aliphatic rings. The van der Waals surface area contributed by atoms with Gasteiger partial charge >= 0.3 is 11.9 Å². The van der Waals surface area contributed by atoms with Crippen LogP contribution >= 0.6 is 11.8 Å².